The second-order valence-corrected chi connectivity index (χ2v) is 7.71. The predicted octanol–water partition coefficient (Wildman–Crippen LogP) is 3.98. The summed E-state index contributed by atoms with van der Waals surface area (Å²) < 4.78 is 0. The molecule has 0 saturated carbocycles. The first kappa shape index (κ1) is 18.4. The van der Waals surface area contributed by atoms with Crippen LogP contribution in [-0.2, 0) is 16.0 Å². The van der Waals surface area contributed by atoms with Gasteiger partial charge in [-0.1, -0.05) is 54.6 Å². The van der Waals surface area contributed by atoms with Crippen molar-refractivity contribution in [3.63, 3.8) is 0 Å². The molecule has 3 aromatic rings. The third kappa shape index (κ3) is 4.12. The van der Waals surface area contributed by atoms with E-state index in [2.05, 4.69) is 22.4 Å². The highest BCUT2D eigenvalue weighted by Crippen LogP contribution is 2.23. The third-order valence-electron chi connectivity index (χ3n) is 4.95. The molecule has 1 atom stereocenters. The molecule has 2 amide bonds. The van der Waals surface area contributed by atoms with Gasteiger partial charge in [0.25, 0.3) is 0 Å². The Morgan fingerprint density at radius 2 is 1.82 bits per heavy atom. The highest BCUT2D eigenvalue weighted by atomic mass is 32.1. The van der Waals surface area contributed by atoms with Crippen LogP contribution < -0.4 is 5.32 Å². The molecule has 1 saturated heterocycles. The quantitative estimate of drug-likeness (QED) is 0.716. The molecule has 1 aromatic heterocycles. The summed E-state index contributed by atoms with van der Waals surface area (Å²) in [6.07, 6.45) is 3.48. The molecule has 1 aliphatic heterocycles. The second kappa shape index (κ2) is 8.35. The molecule has 1 unspecified atom stereocenters. The van der Waals surface area contributed by atoms with Gasteiger partial charge in [0.1, 0.15) is 6.04 Å². The van der Waals surface area contributed by atoms with Crippen LogP contribution >= 0.6 is 11.3 Å². The van der Waals surface area contributed by atoms with Crippen LogP contribution in [0.4, 0.5) is 5.13 Å². The van der Waals surface area contributed by atoms with E-state index in [-0.39, 0.29) is 11.8 Å². The molecule has 0 spiro atoms. The van der Waals surface area contributed by atoms with Gasteiger partial charge in [0, 0.05) is 18.1 Å². The van der Waals surface area contributed by atoms with E-state index >= 15 is 0 Å². The maximum atomic E-state index is 12.8. The minimum atomic E-state index is -0.417. The number of amides is 2. The monoisotopic (exact) mass is 391 g/mol. The Labute approximate surface area is 168 Å². The Hall–Kier alpha value is -2.99. The number of benzene rings is 2. The Bertz CT molecular complexity index is 940. The van der Waals surface area contributed by atoms with Crippen LogP contribution in [0.2, 0.25) is 0 Å². The van der Waals surface area contributed by atoms with E-state index in [1.165, 1.54) is 11.3 Å². The number of hydrogen-bond acceptors (Lipinski definition) is 4. The van der Waals surface area contributed by atoms with Gasteiger partial charge in [-0.2, -0.15) is 0 Å². The number of thiazole rings is 1. The fourth-order valence-electron chi connectivity index (χ4n) is 3.53. The van der Waals surface area contributed by atoms with Gasteiger partial charge >= 0.3 is 0 Å². The van der Waals surface area contributed by atoms with E-state index in [1.54, 1.807) is 11.1 Å². The fourth-order valence-corrected chi connectivity index (χ4v) is 4.07. The molecule has 0 aliphatic carbocycles. The molecular weight excluding hydrogens is 370 g/mol. The summed E-state index contributed by atoms with van der Waals surface area (Å²) in [6.45, 7) is 0.622. The van der Waals surface area contributed by atoms with Gasteiger partial charge in [-0.3, -0.25) is 9.59 Å². The van der Waals surface area contributed by atoms with Crippen molar-refractivity contribution in [2.24, 2.45) is 0 Å². The summed E-state index contributed by atoms with van der Waals surface area (Å²) in [5.74, 6) is -0.163. The van der Waals surface area contributed by atoms with Crippen LogP contribution in [0.5, 0.6) is 0 Å². The van der Waals surface area contributed by atoms with Crippen molar-refractivity contribution in [2.45, 2.75) is 25.3 Å². The first-order valence-corrected chi connectivity index (χ1v) is 10.2. The summed E-state index contributed by atoms with van der Waals surface area (Å²) >= 11 is 1.38. The van der Waals surface area contributed by atoms with Gasteiger partial charge in [-0.15, -0.1) is 11.3 Å². The van der Waals surface area contributed by atoms with Crippen LogP contribution in [0.15, 0.2) is 66.2 Å². The normalized spacial score (nSPS) is 16.1. The van der Waals surface area contributed by atoms with Gasteiger partial charge in [0.15, 0.2) is 5.13 Å². The Morgan fingerprint density at radius 3 is 2.54 bits per heavy atom. The highest BCUT2D eigenvalue weighted by Gasteiger charge is 2.34. The molecule has 0 radical (unpaired) electrons. The molecule has 4 rings (SSSR count). The molecule has 1 aliphatic rings. The van der Waals surface area contributed by atoms with Crippen molar-refractivity contribution < 1.29 is 9.59 Å². The van der Waals surface area contributed by atoms with E-state index in [4.69, 9.17) is 0 Å². The van der Waals surface area contributed by atoms with E-state index in [9.17, 15) is 9.59 Å². The molecule has 1 fully saturated rings. The first-order chi connectivity index (χ1) is 13.7. The number of aromatic nitrogens is 1. The molecule has 28 heavy (non-hydrogen) atoms. The average molecular weight is 391 g/mol. The summed E-state index contributed by atoms with van der Waals surface area (Å²) in [6, 6.07) is 17.8. The predicted molar refractivity (Wildman–Crippen MR) is 111 cm³/mol. The number of rotatable bonds is 5. The topological polar surface area (TPSA) is 62.3 Å². The second-order valence-electron chi connectivity index (χ2n) is 6.81. The van der Waals surface area contributed by atoms with Crippen molar-refractivity contribution in [2.75, 3.05) is 11.9 Å². The maximum Gasteiger partial charge on any atom is 0.248 e. The van der Waals surface area contributed by atoms with Crippen LogP contribution in [-0.4, -0.2) is 34.3 Å². The molecule has 6 heteroatoms. The zero-order valence-corrected chi connectivity index (χ0v) is 16.2. The van der Waals surface area contributed by atoms with Crippen LogP contribution in [0.3, 0.4) is 0 Å². The summed E-state index contributed by atoms with van der Waals surface area (Å²) in [5.41, 5.74) is 3.23. The SMILES string of the molecule is O=C(Nc1nccs1)C1CCCN1C(=O)Cc1ccc(-c2ccccc2)cc1. The van der Waals surface area contributed by atoms with Gasteiger partial charge in [-0.05, 0) is 29.5 Å². The zero-order valence-electron chi connectivity index (χ0n) is 15.4. The number of nitrogens with one attached hydrogen (secondary N) is 1. The molecule has 5 nitrogen and oxygen atoms in total. The van der Waals surface area contributed by atoms with E-state index < -0.39 is 6.04 Å². The van der Waals surface area contributed by atoms with Crippen molar-refractivity contribution in [3.8, 4) is 11.1 Å². The van der Waals surface area contributed by atoms with Gasteiger partial charge in [0.05, 0.1) is 6.42 Å². The number of anilines is 1. The van der Waals surface area contributed by atoms with E-state index in [1.807, 2.05) is 47.8 Å². The summed E-state index contributed by atoms with van der Waals surface area (Å²) in [7, 11) is 0. The Kier molecular flexibility index (Phi) is 5.48. The zero-order chi connectivity index (χ0) is 19.3. The van der Waals surface area contributed by atoms with Crippen molar-refractivity contribution in [1.29, 1.82) is 0 Å². The van der Waals surface area contributed by atoms with Crippen molar-refractivity contribution in [1.82, 2.24) is 9.88 Å². The maximum absolute atomic E-state index is 12.8. The van der Waals surface area contributed by atoms with Crippen LogP contribution in [0.25, 0.3) is 11.1 Å². The fraction of sp³-hybridized carbons (Fsp3) is 0.227. The lowest BCUT2D eigenvalue weighted by Crippen LogP contribution is -2.43. The summed E-state index contributed by atoms with van der Waals surface area (Å²) in [5, 5.41) is 5.19. The standard InChI is InChI=1S/C22H21N3O2S/c26-20(15-16-8-10-18(11-9-16)17-5-2-1-3-6-17)25-13-4-7-19(25)21(27)24-22-23-12-14-28-22/h1-3,5-6,8-12,14,19H,4,7,13,15H2,(H,23,24,27). The van der Waals surface area contributed by atoms with Gasteiger partial charge < -0.3 is 10.2 Å². The van der Waals surface area contributed by atoms with Gasteiger partial charge in [-0.25, -0.2) is 4.98 Å². The lowest BCUT2D eigenvalue weighted by atomic mass is 10.0. The molecule has 2 heterocycles. The molecule has 1 N–H and O–H groups in total. The Balaban J connectivity index is 1.40. The first-order valence-electron chi connectivity index (χ1n) is 9.35. The molecule has 0 bridgehead atoms. The number of carbonyl (C=O) groups excluding carboxylic acids is 2. The van der Waals surface area contributed by atoms with Crippen LogP contribution in [0.1, 0.15) is 18.4 Å². The Morgan fingerprint density at radius 1 is 1.07 bits per heavy atom. The lowest BCUT2D eigenvalue weighted by molar-refractivity contribution is -0.136. The number of carbonyl (C=O) groups is 2. The van der Waals surface area contributed by atoms with Crippen molar-refractivity contribution in [3.05, 3.63) is 71.7 Å². The van der Waals surface area contributed by atoms with E-state index in [0.717, 1.165) is 23.1 Å². The number of nitrogens with zero attached hydrogens (tertiary/aromatic N) is 2. The molecular formula is C22H21N3O2S. The summed E-state index contributed by atoms with van der Waals surface area (Å²) in [4.78, 5) is 31.1. The minimum absolute atomic E-state index is 0.00995. The van der Waals surface area contributed by atoms with Crippen LogP contribution in [0, 0.1) is 0 Å². The number of hydrogen-bond donors (Lipinski definition) is 1. The molecule has 2 aromatic carbocycles. The van der Waals surface area contributed by atoms with Gasteiger partial charge in [0.2, 0.25) is 11.8 Å². The third-order valence-corrected chi connectivity index (χ3v) is 5.64. The number of likely N-dealkylation sites (tertiary alicyclic amines) is 1. The van der Waals surface area contributed by atoms with E-state index in [0.29, 0.717) is 24.5 Å². The largest absolute Gasteiger partial charge is 0.330 e. The minimum Gasteiger partial charge on any atom is -0.330 e. The average Bonchev–Trinajstić information content (AvgIpc) is 3.41. The molecule has 142 valence electrons. The highest BCUT2D eigenvalue weighted by molar-refractivity contribution is 7.13. The lowest BCUT2D eigenvalue weighted by Gasteiger charge is -2.23. The van der Waals surface area contributed by atoms with Crippen molar-refractivity contribution >= 4 is 28.3 Å². The smallest absolute Gasteiger partial charge is 0.248 e.